The summed E-state index contributed by atoms with van der Waals surface area (Å²) in [6.45, 7) is 3.68. The fourth-order valence-electron chi connectivity index (χ4n) is 1.42. The lowest BCUT2D eigenvalue weighted by Crippen LogP contribution is -2.39. The Morgan fingerprint density at radius 3 is 2.32 bits per heavy atom. The molecule has 0 aliphatic heterocycles. The van der Waals surface area contributed by atoms with Crippen molar-refractivity contribution in [2.75, 3.05) is 6.54 Å². The summed E-state index contributed by atoms with van der Waals surface area (Å²) >= 11 is 0. The molecule has 1 amide bonds. The predicted molar refractivity (Wildman–Crippen MR) is 72.8 cm³/mol. The van der Waals surface area contributed by atoms with Gasteiger partial charge in [-0.1, -0.05) is 12.1 Å². The van der Waals surface area contributed by atoms with E-state index in [1.165, 1.54) is 12.1 Å². The molecule has 7 heteroatoms. The Hall–Kier alpha value is -1.44. The van der Waals surface area contributed by atoms with E-state index in [4.69, 9.17) is 5.73 Å². The lowest BCUT2D eigenvalue weighted by molar-refractivity contribution is -0.120. The number of carbonyl (C=O) groups is 1. The van der Waals surface area contributed by atoms with Gasteiger partial charge in [0, 0.05) is 12.6 Å². The van der Waals surface area contributed by atoms with Crippen molar-refractivity contribution in [3.05, 3.63) is 29.8 Å². The summed E-state index contributed by atoms with van der Waals surface area (Å²) in [5.74, 6) is -0.364. The van der Waals surface area contributed by atoms with Crippen molar-refractivity contribution >= 4 is 15.9 Å². The highest BCUT2D eigenvalue weighted by atomic mass is 32.2. The molecule has 0 heterocycles. The fourth-order valence-corrected chi connectivity index (χ4v) is 2.40. The predicted octanol–water partition coefficient (Wildman–Crippen LogP) is -0.0518. The van der Waals surface area contributed by atoms with Gasteiger partial charge in [-0.05, 0) is 31.5 Å². The second-order valence-electron chi connectivity index (χ2n) is 4.39. The standard InChI is InChI=1S/C12H19N3O3S/c1-9(2)15-12(16)8-14-19(17,18)11-5-3-10(7-13)4-6-11/h3-6,9,14H,7-8,13H2,1-2H3,(H,15,16). The fraction of sp³-hybridized carbons (Fsp3) is 0.417. The third-order valence-electron chi connectivity index (χ3n) is 2.34. The first-order valence-electron chi connectivity index (χ1n) is 5.93. The van der Waals surface area contributed by atoms with Crippen LogP contribution >= 0.6 is 0 Å². The molecule has 1 rings (SSSR count). The van der Waals surface area contributed by atoms with Gasteiger partial charge in [0.05, 0.1) is 11.4 Å². The van der Waals surface area contributed by atoms with E-state index in [-0.39, 0.29) is 23.4 Å². The molecular formula is C12H19N3O3S. The van der Waals surface area contributed by atoms with Crippen molar-refractivity contribution in [1.29, 1.82) is 0 Å². The van der Waals surface area contributed by atoms with Gasteiger partial charge in [0.25, 0.3) is 0 Å². The molecule has 19 heavy (non-hydrogen) atoms. The van der Waals surface area contributed by atoms with Gasteiger partial charge in [-0.25, -0.2) is 13.1 Å². The lowest BCUT2D eigenvalue weighted by Gasteiger charge is -2.10. The number of rotatable bonds is 6. The number of carbonyl (C=O) groups excluding carboxylic acids is 1. The molecule has 0 aliphatic rings. The van der Waals surface area contributed by atoms with Crippen LogP contribution in [0.25, 0.3) is 0 Å². The van der Waals surface area contributed by atoms with Gasteiger partial charge in [-0.15, -0.1) is 0 Å². The normalized spacial score (nSPS) is 11.6. The van der Waals surface area contributed by atoms with E-state index in [2.05, 4.69) is 10.0 Å². The van der Waals surface area contributed by atoms with Gasteiger partial charge in [-0.2, -0.15) is 0 Å². The van der Waals surface area contributed by atoms with Gasteiger partial charge in [-0.3, -0.25) is 4.79 Å². The van der Waals surface area contributed by atoms with Crippen LogP contribution in [0.2, 0.25) is 0 Å². The number of amides is 1. The zero-order valence-electron chi connectivity index (χ0n) is 11.0. The van der Waals surface area contributed by atoms with Crippen LogP contribution in [0.1, 0.15) is 19.4 Å². The largest absolute Gasteiger partial charge is 0.353 e. The highest BCUT2D eigenvalue weighted by Gasteiger charge is 2.15. The minimum absolute atomic E-state index is 0.0270. The van der Waals surface area contributed by atoms with Gasteiger partial charge < -0.3 is 11.1 Å². The number of nitrogens with two attached hydrogens (primary N) is 1. The second-order valence-corrected chi connectivity index (χ2v) is 6.16. The first kappa shape index (κ1) is 15.6. The van der Waals surface area contributed by atoms with E-state index in [0.717, 1.165) is 5.56 Å². The summed E-state index contributed by atoms with van der Waals surface area (Å²) in [5.41, 5.74) is 6.28. The summed E-state index contributed by atoms with van der Waals surface area (Å²) in [6.07, 6.45) is 0. The molecule has 0 aliphatic carbocycles. The third kappa shape index (κ3) is 4.98. The number of hydrogen-bond donors (Lipinski definition) is 3. The van der Waals surface area contributed by atoms with Gasteiger partial charge in [0.1, 0.15) is 0 Å². The Morgan fingerprint density at radius 2 is 1.84 bits per heavy atom. The molecule has 0 unspecified atom stereocenters. The monoisotopic (exact) mass is 285 g/mol. The van der Waals surface area contributed by atoms with Crippen LogP contribution in [0.15, 0.2) is 29.2 Å². The lowest BCUT2D eigenvalue weighted by atomic mass is 10.2. The van der Waals surface area contributed by atoms with Crippen LogP contribution in [-0.2, 0) is 21.4 Å². The molecule has 1 aromatic carbocycles. The van der Waals surface area contributed by atoms with E-state index in [0.29, 0.717) is 6.54 Å². The van der Waals surface area contributed by atoms with Crippen LogP contribution in [0, 0.1) is 0 Å². The topological polar surface area (TPSA) is 101 Å². The molecule has 0 fully saturated rings. The van der Waals surface area contributed by atoms with Gasteiger partial charge >= 0.3 is 0 Å². The average Bonchev–Trinajstić information content (AvgIpc) is 2.36. The van der Waals surface area contributed by atoms with E-state index in [1.807, 2.05) is 0 Å². The summed E-state index contributed by atoms with van der Waals surface area (Å²) in [6, 6.07) is 6.18. The minimum atomic E-state index is -3.67. The first-order valence-corrected chi connectivity index (χ1v) is 7.41. The van der Waals surface area contributed by atoms with Crippen molar-refractivity contribution in [2.24, 2.45) is 5.73 Å². The van der Waals surface area contributed by atoms with E-state index < -0.39 is 10.0 Å². The maximum Gasteiger partial charge on any atom is 0.241 e. The summed E-state index contributed by atoms with van der Waals surface area (Å²) in [7, 11) is -3.67. The molecule has 106 valence electrons. The van der Waals surface area contributed by atoms with E-state index in [1.54, 1.807) is 26.0 Å². The molecular weight excluding hydrogens is 266 g/mol. The SMILES string of the molecule is CC(C)NC(=O)CNS(=O)(=O)c1ccc(CN)cc1. The quantitative estimate of drug-likeness (QED) is 0.682. The van der Waals surface area contributed by atoms with E-state index >= 15 is 0 Å². The number of nitrogens with one attached hydrogen (secondary N) is 2. The van der Waals surface area contributed by atoms with Crippen LogP contribution in [-0.4, -0.2) is 26.9 Å². The summed E-state index contributed by atoms with van der Waals surface area (Å²) in [5, 5.41) is 2.60. The molecule has 0 spiro atoms. The first-order chi connectivity index (χ1) is 8.85. The van der Waals surface area contributed by atoms with Crippen LogP contribution in [0.4, 0.5) is 0 Å². The highest BCUT2D eigenvalue weighted by Crippen LogP contribution is 2.09. The van der Waals surface area contributed by atoms with Crippen LogP contribution in [0.5, 0.6) is 0 Å². The molecule has 0 radical (unpaired) electrons. The van der Waals surface area contributed by atoms with Crippen molar-refractivity contribution in [3.63, 3.8) is 0 Å². The smallest absolute Gasteiger partial charge is 0.241 e. The van der Waals surface area contributed by atoms with Crippen LogP contribution < -0.4 is 15.8 Å². The van der Waals surface area contributed by atoms with E-state index in [9.17, 15) is 13.2 Å². The van der Waals surface area contributed by atoms with Crippen molar-refractivity contribution < 1.29 is 13.2 Å². The number of hydrogen-bond acceptors (Lipinski definition) is 4. The zero-order chi connectivity index (χ0) is 14.5. The zero-order valence-corrected chi connectivity index (χ0v) is 11.8. The number of benzene rings is 1. The number of sulfonamides is 1. The maximum atomic E-state index is 11.9. The Kier molecular flexibility index (Phi) is 5.46. The molecule has 1 aromatic rings. The maximum absolute atomic E-state index is 11.9. The Labute approximate surface area is 113 Å². The molecule has 6 nitrogen and oxygen atoms in total. The van der Waals surface area contributed by atoms with Gasteiger partial charge in [0.15, 0.2) is 0 Å². The van der Waals surface area contributed by atoms with Crippen LogP contribution in [0.3, 0.4) is 0 Å². The average molecular weight is 285 g/mol. The Balaban J connectivity index is 2.67. The molecule has 0 bridgehead atoms. The second kappa shape index (κ2) is 6.65. The Bertz CT molecular complexity index is 524. The van der Waals surface area contributed by atoms with Gasteiger partial charge in [0.2, 0.25) is 15.9 Å². The summed E-state index contributed by atoms with van der Waals surface area (Å²) < 4.78 is 26.0. The van der Waals surface area contributed by atoms with Crippen molar-refractivity contribution in [2.45, 2.75) is 31.3 Å². The molecule has 0 aromatic heterocycles. The van der Waals surface area contributed by atoms with Crippen molar-refractivity contribution in [1.82, 2.24) is 10.0 Å². The summed E-state index contributed by atoms with van der Waals surface area (Å²) in [4.78, 5) is 11.5. The molecule has 0 atom stereocenters. The third-order valence-corrected chi connectivity index (χ3v) is 3.76. The van der Waals surface area contributed by atoms with Crippen molar-refractivity contribution in [3.8, 4) is 0 Å². The highest BCUT2D eigenvalue weighted by molar-refractivity contribution is 7.89. The minimum Gasteiger partial charge on any atom is -0.353 e. The Morgan fingerprint density at radius 1 is 1.26 bits per heavy atom. The molecule has 0 saturated carbocycles. The molecule has 4 N–H and O–H groups in total. The molecule has 0 saturated heterocycles.